The minimum atomic E-state index is -0.921. The van der Waals surface area contributed by atoms with Gasteiger partial charge >= 0.3 is 5.97 Å². The van der Waals surface area contributed by atoms with Crippen molar-refractivity contribution in [1.82, 2.24) is 5.32 Å². The highest BCUT2D eigenvalue weighted by Crippen LogP contribution is 2.19. The fourth-order valence-corrected chi connectivity index (χ4v) is 1.65. The molecule has 7 heteroatoms. The Kier molecular flexibility index (Phi) is 5.40. The van der Waals surface area contributed by atoms with Gasteiger partial charge in [-0.25, -0.2) is 0 Å². The molecule has 0 aliphatic carbocycles. The van der Waals surface area contributed by atoms with Gasteiger partial charge in [-0.1, -0.05) is 12.1 Å². The maximum Gasteiger partial charge on any atom is 0.309 e. The lowest BCUT2D eigenvalue weighted by molar-refractivity contribution is -0.384. The Hall–Kier alpha value is -2.44. The third-order valence-electron chi connectivity index (χ3n) is 3.14. The minimum absolute atomic E-state index is 0.0230. The Balaban J connectivity index is 2.49. The minimum Gasteiger partial charge on any atom is -0.481 e. The molecule has 0 radical (unpaired) electrons. The number of carbonyl (C=O) groups excluding carboxylic acids is 1. The second-order valence-corrected chi connectivity index (χ2v) is 5.39. The molecule has 21 heavy (non-hydrogen) atoms. The van der Waals surface area contributed by atoms with Crippen LogP contribution >= 0.6 is 0 Å². The lowest BCUT2D eigenvalue weighted by Crippen LogP contribution is -2.32. The van der Waals surface area contributed by atoms with Crippen molar-refractivity contribution >= 4 is 17.6 Å². The number of carboxylic acids is 1. The van der Waals surface area contributed by atoms with Crippen LogP contribution in [-0.4, -0.2) is 28.5 Å². The Morgan fingerprint density at radius 2 is 2.05 bits per heavy atom. The van der Waals surface area contributed by atoms with E-state index in [-0.39, 0.29) is 24.6 Å². The van der Waals surface area contributed by atoms with Crippen LogP contribution in [0.3, 0.4) is 0 Å². The van der Waals surface area contributed by atoms with Gasteiger partial charge in [-0.15, -0.1) is 0 Å². The number of rotatable bonds is 7. The summed E-state index contributed by atoms with van der Waals surface area (Å²) in [5.41, 5.74) is -0.426. The summed E-state index contributed by atoms with van der Waals surface area (Å²) >= 11 is 0. The average Bonchev–Trinajstić information content (AvgIpc) is 2.38. The predicted octanol–water partition coefficient (Wildman–Crippen LogP) is 1.75. The van der Waals surface area contributed by atoms with E-state index in [4.69, 9.17) is 5.11 Å². The number of carboxylic acid groups (broad SMARTS) is 1. The van der Waals surface area contributed by atoms with E-state index in [1.807, 2.05) is 0 Å². The molecule has 114 valence electrons. The number of hydrogen-bond acceptors (Lipinski definition) is 4. The van der Waals surface area contributed by atoms with Gasteiger partial charge in [-0.05, 0) is 25.8 Å². The van der Waals surface area contributed by atoms with Crippen molar-refractivity contribution in [3.8, 4) is 0 Å². The van der Waals surface area contributed by atoms with E-state index in [9.17, 15) is 19.7 Å². The number of nitro benzene ring substituents is 1. The van der Waals surface area contributed by atoms with E-state index in [2.05, 4.69) is 5.32 Å². The molecule has 1 aromatic rings. The van der Waals surface area contributed by atoms with Crippen LogP contribution in [0.5, 0.6) is 0 Å². The fraction of sp³-hybridized carbons (Fsp3) is 0.429. The Morgan fingerprint density at radius 3 is 2.62 bits per heavy atom. The largest absolute Gasteiger partial charge is 0.481 e. The van der Waals surface area contributed by atoms with E-state index < -0.39 is 16.3 Å². The molecule has 1 aromatic carbocycles. The molecule has 0 aliphatic rings. The first-order chi connectivity index (χ1) is 9.72. The summed E-state index contributed by atoms with van der Waals surface area (Å²) < 4.78 is 0. The number of amides is 1. The van der Waals surface area contributed by atoms with E-state index in [1.54, 1.807) is 19.9 Å². The highest BCUT2D eigenvalue weighted by molar-refractivity contribution is 5.79. The third kappa shape index (κ3) is 5.21. The summed E-state index contributed by atoms with van der Waals surface area (Å²) in [5, 5.41) is 22.2. The highest BCUT2D eigenvalue weighted by atomic mass is 16.6. The van der Waals surface area contributed by atoms with Crippen molar-refractivity contribution in [3.63, 3.8) is 0 Å². The van der Waals surface area contributed by atoms with E-state index in [1.165, 1.54) is 18.2 Å². The summed E-state index contributed by atoms with van der Waals surface area (Å²) in [5.74, 6) is -1.22. The Bertz CT molecular complexity index is 554. The number of nitrogens with zero attached hydrogens (tertiary/aromatic N) is 1. The normalized spacial score (nSPS) is 11.0. The number of benzene rings is 1. The molecule has 0 aliphatic heterocycles. The van der Waals surface area contributed by atoms with E-state index in [0.29, 0.717) is 12.0 Å². The first-order valence-electron chi connectivity index (χ1n) is 6.46. The molecule has 0 saturated heterocycles. The summed E-state index contributed by atoms with van der Waals surface area (Å²) in [4.78, 5) is 32.8. The molecule has 2 N–H and O–H groups in total. The molecule has 7 nitrogen and oxygen atoms in total. The second kappa shape index (κ2) is 6.83. The van der Waals surface area contributed by atoms with Gasteiger partial charge in [0, 0.05) is 18.7 Å². The molecule has 1 amide bonds. The lowest BCUT2D eigenvalue weighted by atomic mass is 9.90. The summed E-state index contributed by atoms with van der Waals surface area (Å²) in [7, 11) is 0. The van der Waals surface area contributed by atoms with E-state index in [0.717, 1.165) is 0 Å². The van der Waals surface area contributed by atoms with Crippen molar-refractivity contribution in [2.45, 2.75) is 26.7 Å². The number of aliphatic carboxylic acids is 1. The first-order valence-corrected chi connectivity index (χ1v) is 6.46. The van der Waals surface area contributed by atoms with Gasteiger partial charge in [-0.2, -0.15) is 0 Å². The number of carbonyl (C=O) groups is 2. The van der Waals surface area contributed by atoms with Crippen LogP contribution in [0.2, 0.25) is 0 Å². The molecular weight excluding hydrogens is 276 g/mol. The van der Waals surface area contributed by atoms with Gasteiger partial charge in [0.25, 0.3) is 5.69 Å². The smallest absolute Gasteiger partial charge is 0.309 e. The molecule has 0 fully saturated rings. The SMILES string of the molecule is CC(C)(CCNC(=O)Cc1cccc([N+](=O)[O-])c1)C(=O)O. The average molecular weight is 294 g/mol. The van der Waals surface area contributed by atoms with Crippen LogP contribution in [0.15, 0.2) is 24.3 Å². The number of hydrogen-bond donors (Lipinski definition) is 2. The Labute approximate surface area is 122 Å². The highest BCUT2D eigenvalue weighted by Gasteiger charge is 2.26. The molecule has 0 spiro atoms. The zero-order chi connectivity index (χ0) is 16.0. The Morgan fingerprint density at radius 1 is 1.38 bits per heavy atom. The van der Waals surface area contributed by atoms with Gasteiger partial charge < -0.3 is 10.4 Å². The van der Waals surface area contributed by atoms with Crippen molar-refractivity contribution in [1.29, 1.82) is 0 Å². The van der Waals surface area contributed by atoms with Crippen molar-refractivity contribution in [2.24, 2.45) is 5.41 Å². The second-order valence-electron chi connectivity index (χ2n) is 5.39. The van der Waals surface area contributed by atoms with Crippen molar-refractivity contribution in [2.75, 3.05) is 6.54 Å². The van der Waals surface area contributed by atoms with Crippen molar-refractivity contribution in [3.05, 3.63) is 39.9 Å². The van der Waals surface area contributed by atoms with Crippen LogP contribution < -0.4 is 5.32 Å². The summed E-state index contributed by atoms with van der Waals surface area (Å²) in [6.45, 7) is 3.41. The third-order valence-corrected chi connectivity index (χ3v) is 3.14. The van der Waals surface area contributed by atoms with Crippen LogP contribution in [0, 0.1) is 15.5 Å². The topological polar surface area (TPSA) is 110 Å². The summed E-state index contributed by atoms with van der Waals surface area (Å²) in [6, 6.07) is 5.86. The van der Waals surface area contributed by atoms with Crippen LogP contribution in [-0.2, 0) is 16.0 Å². The molecule has 0 aromatic heterocycles. The molecule has 0 heterocycles. The molecule has 0 bridgehead atoms. The molecule has 0 saturated carbocycles. The number of nitrogens with one attached hydrogen (secondary N) is 1. The maximum absolute atomic E-state index is 11.7. The monoisotopic (exact) mass is 294 g/mol. The van der Waals surface area contributed by atoms with E-state index >= 15 is 0 Å². The van der Waals surface area contributed by atoms with Crippen LogP contribution in [0.25, 0.3) is 0 Å². The molecule has 0 atom stereocenters. The zero-order valence-corrected chi connectivity index (χ0v) is 12.0. The predicted molar refractivity (Wildman–Crippen MR) is 75.8 cm³/mol. The quantitative estimate of drug-likeness (QED) is 0.588. The van der Waals surface area contributed by atoms with Crippen molar-refractivity contribution < 1.29 is 19.6 Å². The van der Waals surface area contributed by atoms with Crippen LogP contribution in [0.1, 0.15) is 25.8 Å². The van der Waals surface area contributed by atoms with Gasteiger partial charge in [0.1, 0.15) is 0 Å². The molecule has 1 rings (SSSR count). The molecule has 0 unspecified atom stereocenters. The van der Waals surface area contributed by atoms with Gasteiger partial charge in [0.2, 0.25) is 5.91 Å². The number of non-ortho nitro benzene ring substituents is 1. The van der Waals surface area contributed by atoms with Gasteiger partial charge in [0.05, 0.1) is 16.8 Å². The first kappa shape index (κ1) is 16.6. The standard InChI is InChI=1S/C14H18N2O5/c1-14(2,13(18)19)6-7-15-12(17)9-10-4-3-5-11(8-10)16(20)21/h3-5,8H,6-7,9H2,1-2H3,(H,15,17)(H,18,19). The van der Waals surface area contributed by atoms with Gasteiger partial charge in [-0.3, -0.25) is 19.7 Å². The fourth-order valence-electron chi connectivity index (χ4n) is 1.65. The zero-order valence-electron chi connectivity index (χ0n) is 12.0. The van der Waals surface area contributed by atoms with Gasteiger partial charge in [0.15, 0.2) is 0 Å². The summed E-state index contributed by atoms with van der Waals surface area (Å²) in [6.07, 6.45) is 0.332. The number of nitro groups is 1. The maximum atomic E-state index is 11.7. The molecular formula is C14H18N2O5. The lowest BCUT2D eigenvalue weighted by Gasteiger charge is -2.18. The van der Waals surface area contributed by atoms with Crippen LogP contribution in [0.4, 0.5) is 5.69 Å².